The molecule has 0 unspecified atom stereocenters. The van der Waals surface area contributed by atoms with Crippen LogP contribution < -0.4 is 0 Å². The Hall–Kier alpha value is -1.22. The van der Waals surface area contributed by atoms with Crippen LogP contribution in [-0.2, 0) is 0 Å². The molecule has 1 aromatic rings. The largest absolute Gasteiger partial charge is 0.343 e. The summed E-state index contributed by atoms with van der Waals surface area (Å²) in [5.74, 6) is 0. The smallest absolute Gasteiger partial charge is 0.125 e. The van der Waals surface area contributed by atoms with Crippen molar-refractivity contribution in [1.82, 2.24) is 9.97 Å². The number of aromatic nitrogens is 2. The maximum atomic E-state index is 5.01. The van der Waals surface area contributed by atoms with Crippen LogP contribution in [0.3, 0.4) is 0 Å². The van der Waals surface area contributed by atoms with E-state index in [2.05, 4.69) is 23.1 Å². The first-order valence-electron chi connectivity index (χ1n) is 4.55. The molecule has 0 fully saturated rings. The third kappa shape index (κ3) is 2.92. The molecule has 0 bridgehead atoms. The average molecular weight is 208 g/mol. The zero-order valence-electron chi connectivity index (χ0n) is 8.92. The van der Waals surface area contributed by atoms with Gasteiger partial charge < -0.3 is 4.98 Å². The molecule has 3 heteroatoms. The predicted octanol–water partition coefficient (Wildman–Crippen LogP) is 3.76. The van der Waals surface area contributed by atoms with Crippen LogP contribution in [0.25, 0.3) is 12.2 Å². The lowest BCUT2D eigenvalue weighted by Crippen LogP contribution is -1.95. The van der Waals surface area contributed by atoms with Crippen molar-refractivity contribution >= 4 is 24.4 Å². The topological polar surface area (TPSA) is 28.7 Å². The summed E-state index contributed by atoms with van der Waals surface area (Å²) in [7, 11) is 0. The van der Waals surface area contributed by atoms with Gasteiger partial charge in [0.15, 0.2) is 0 Å². The molecule has 14 heavy (non-hydrogen) atoms. The fourth-order valence-corrected chi connectivity index (χ4v) is 1.04. The van der Waals surface area contributed by atoms with Crippen LogP contribution in [0.15, 0.2) is 13.2 Å². The molecule has 2 nitrogen and oxygen atoms in total. The summed E-state index contributed by atoms with van der Waals surface area (Å²) in [6.07, 6.45) is 3.36. The highest BCUT2D eigenvalue weighted by Gasteiger charge is 1.98. The zero-order valence-corrected chi connectivity index (χ0v) is 9.74. The van der Waals surface area contributed by atoms with Gasteiger partial charge in [0.05, 0.1) is 17.1 Å². The number of nitrogens with one attached hydrogen (secondary N) is 1. The Morgan fingerprint density at radius 1 is 1.29 bits per heavy atom. The van der Waals surface area contributed by atoms with Crippen LogP contribution in [0, 0.1) is 11.6 Å². The number of aromatic amines is 1. The van der Waals surface area contributed by atoms with Crippen LogP contribution in [-0.4, -0.2) is 9.97 Å². The fraction of sp³-hybridized carbons (Fsp3) is 0.273. The number of H-pyrrole nitrogens is 1. The quantitative estimate of drug-likeness (QED) is 0.750. The van der Waals surface area contributed by atoms with Crippen molar-refractivity contribution in [3.8, 4) is 0 Å². The lowest BCUT2D eigenvalue weighted by molar-refractivity contribution is 1.07. The first-order valence-corrected chi connectivity index (χ1v) is 4.95. The Morgan fingerprint density at radius 2 is 1.86 bits per heavy atom. The minimum absolute atomic E-state index is 0.649. The molecule has 1 aromatic heterocycles. The van der Waals surface area contributed by atoms with E-state index >= 15 is 0 Å². The van der Waals surface area contributed by atoms with Crippen molar-refractivity contribution < 1.29 is 0 Å². The third-order valence-electron chi connectivity index (χ3n) is 1.54. The van der Waals surface area contributed by atoms with Crippen molar-refractivity contribution in [1.29, 1.82) is 0 Å². The maximum absolute atomic E-state index is 5.01. The standard InChI is InChI=1S/C9H10N2S.C2H6/c1-4-7-8(5-2)11-9(12)6(3)10-7;1-2/h4-5H,1-2H2,3H3,(H,11,12);1-2H3. The van der Waals surface area contributed by atoms with Crippen molar-refractivity contribution in [2.45, 2.75) is 20.8 Å². The molecule has 76 valence electrons. The summed E-state index contributed by atoms with van der Waals surface area (Å²) < 4.78 is 0.649. The Labute approximate surface area is 90.4 Å². The van der Waals surface area contributed by atoms with E-state index in [1.807, 2.05) is 20.8 Å². The van der Waals surface area contributed by atoms with E-state index in [1.54, 1.807) is 12.2 Å². The van der Waals surface area contributed by atoms with Gasteiger partial charge in [0.1, 0.15) is 4.64 Å². The number of rotatable bonds is 2. The third-order valence-corrected chi connectivity index (χ3v) is 1.94. The summed E-state index contributed by atoms with van der Waals surface area (Å²) in [4.78, 5) is 7.25. The second-order valence-corrected chi connectivity index (χ2v) is 2.77. The first kappa shape index (κ1) is 12.8. The van der Waals surface area contributed by atoms with Crippen LogP contribution in [0.1, 0.15) is 30.9 Å². The molecular weight excluding hydrogens is 192 g/mol. The molecule has 1 heterocycles. The molecule has 0 saturated heterocycles. The van der Waals surface area contributed by atoms with Gasteiger partial charge in [-0.2, -0.15) is 0 Å². The Bertz CT molecular complexity index is 377. The van der Waals surface area contributed by atoms with Crippen molar-refractivity contribution in [2.75, 3.05) is 0 Å². The average Bonchev–Trinajstić information content (AvgIpc) is 2.24. The van der Waals surface area contributed by atoms with E-state index in [0.29, 0.717) is 4.64 Å². The maximum Gasteiger partial charge on any atom is 0.125 e. The lowest BCUT2D eigenvalue weighted by atomic mass is 10.3. The van der Waals surface area contributed by atoms with Crippen LogP contribution in [0.2, 0.25) is 0 Å². The van der Waals surface area contributed by atoms with Gasteiger partial charge in [-0.1, -0.05) is 39.2 Å². The minimum atomic E-state index is 0.649. The normalized spacial score (nSPS) is 8.50. The summed E-state index contributed by atoms with van der Waals surface area (Å²) >= 11 is 5.01. The monoisotopic (exact) mass is 208 g/mol. The molecule has 0 aliphatic rings. The zero-order chi connectivity index (χ0) is 11.1. The molecule has 0 aliphatic heterocycles. The Kier molecular flexibility index (Phi) is 5.72. The molecule has 0 atom stereocenters. The molecule has 0 amide bonds. The number of nitrogens with zero attached hydrogens (tertiary/aromatic N) is 1. The molecule has 0 aliphatic carbocycles. The molecule has 0 saturated carbocycles. The Morgan fingerprint density at radius 3 is 2.29 bits per heavy atom. The van der Waals surface area contributed by atoms with Gasteiger partial charge in [-0.05, 0) is 19.1 Å². The fourth-order valence-electron chi connectivity index (χ4n) is 0.880. The van der Waals surface area contributed by atoms with Gasteiger partial charge >= 0.3 is 0 Å². The van der Waals surface area contributed by atoms with Gasteiger partial charge in [0.25, 0.3) is 0 Å². The van der Waals surface area contributed by atoms with Crippen molar-refractivity contribution in [3.05, 3.63) is 34.9 Å². The van der Waals surface area contributed by atoms with E-state index in [-0.39, 0.29) is 0 Å². The molecule has 0 spiro atoms. The van der Waals surface area contributed by atoms with E-state index in [4.69, 9.17) is 12.2 Å². The van der Waals surface area contributed by atoms with E-state index in [0.717, 1.165) is 17.1 Å². The SMILES string of the molecule is C=Cc1nc(C)c(=S)[nH]c1C=C.CC. The summed E-state index contributed by atoms with van der Waals surface area (Å²) in [6, 6.07) is 0. The summed E-state index contributed by atoms with van der Waals surface area (Å²) in [6.45, 7) is 13.2. The van der Waals surface area contributed by atoms with Gasteiger partial charge in [-0.3, -0.25) is 0 Å². The number of aryl methyl sites for hydroxylation is 1. The minimum Gasteiger partial charge on any atom is -0.343 e. The molecule has 1 rings (SSSR count). The van der Waals surface area contributed by atoms with Crippen LogP contribution >= 0.6 is 12.2 Å². The summed E-state index contributed by atoms with van der Waals surface area (Å²) in [5, 5.41) is 0. The lowest BCUT2D eigenvalue weighted by Gasteiger charge is -2.01. The van der Waals surface area contributed by atoms with Crippen LogP contribution in [0.5, 0.6) is 0 Å². The highest BCUT2D eigenvalue weighted by atomic mass is 32.1. The first-order chi connectivity index (χ1) is 6.69. The van der Waals surface area contributed by atoms with E-state index in [1.165, 1.54) is 0 Å². The molecule has 1 N–H and O–H groups in total. The van der Waals surface area contributed by atoms with Gasteiger partial charge in [-0.25, -0.2) is 4.98 Å². The second kappa shape index (κ2) is 6.27. The molecule has 0 aromatic carbocycles. The highest BCUT2D eigenvalue weighted by Crippen LogP contribution is 2.07. The molecular formula is C11H16N2S. The summed E-state index contributed by atoms with van der Waals surface area (Å²) in [5.41, 5.74) is 2.42. The van der Waals surface area contributed by atoms with Crippen molar-refractivity contribution in [3.63, 3.8) is 0 Å². The Balaban J connectivity index is 0.000000791. The predicted molar refractivity (Wildman–Crippen MR) is 65.7 cm³/mol. The van der Waals surface area contributed by atoms with Gasteiger partial charge in [0, 0.05) is 0 Å². The van der Waals surface area contributed by atoms with Gasteiger partial charge in [0.2, 0.25) is 0 Å². The van der Waals surface area contributed by atoms with E-state index in [9.17, 15) is 0 Å². The van der Waals surface area contributed by atoms with Crippen molar-refractivity contribution in [2.24, 2.45) is 0 Å². The highest BCUT2D eigenvalue weighted by molar-refractivity contribution is 7.71. The second-order valence-electron chi connectivity index (χ2n) is 2.36. The van der Waals surface area contributed by atoms with Crippen LogP contribution in [0.4, 0.5) is 0 Å². The number of hydrogen-bond donors (Lipinski definition) is 1. The number of hydrogen-bond acceptors (Lipinski definition) is 2. The van der Waals surface area contributed by atoms with Gasteiger partial charge in [-0.15, -0.1) is 0 Å². The molecule has 0 radical (unpaired) electrons. The van der Waals surface area contributed by atoms with E-state index < -0.39 is 0 Å².